The van der Waals surface area contributed by atoms with Crippen molar-refractivity contribution in [1.82, 2.24) is 4.57 Å². The predicted molar refractivity (Wildman–Crippen MR) is 110 cm³/mol. The number of halogens is 4. The molecule has 10 heteroatoms. The molecule has 3 aromatic rings. The molecule has 2 N–H and O–H groups in total. The lowest BCUT2D eigenvalue weighted by Gasteiger charge is -2.24. The highest BCUT2D eigenvalue weighted by Gasteiger charge is 2.30. The van der Waals surface area contributed by atoms with Gasteiger partial charge < -0.3 is 19.7 Å². The average Bonchev–Trinajstić information content (AvgIpc) is 2.75. The molecule has 0 atom stereocenters. The Kier molecular flexibility index (Phi) is 6.81. The van der Waals surface area contributed by atoms with Crippen LogP contribution in [0.25, 0.3) is 10.9 Å². The highest BCUT2D eigenvalue weighted by atomic mass is 19.4. The molecule has 6 nitrogen and oxygen atoms in total. The minimum absolute atomic E-state index is 0.0225. The maximum Gasteiger partial charge on any atom is 0.416 e. The molecule has 3 rings (SSSR count). The van der Waals surface area contributed by atoms with Gasteiger partial charge in [0, 0.05) is 25.8 Å². The number of nitrogens with zero attached hydrogens (tertiary/aromatic N) is 3. The molecule has 32 heavy (non-hydrogen) atoms. The summed E-state index contributed by atoms with van der Waals surface area (Å²) in [5.74, 6) is -0.771. The summed E-state index contributed by atoms with van der Waals surface area (Å²) in [5, 5.41) is 27.7. The zero-order valence-electron chi connectivity index (χ0n) is 16.7. The van der Waals surface area contributed by atoms with Gasteiger partial charge in [-0.05, 0) is 29.8 Å². The van der Waals surface area contributed by atoms with Gasteiger partial charge in [0.05, 0.1) is 35.4 Å². The number of hydrogen-bond acceptors (Lipinski definition) is 5. The zero-order chi connectivity index (χ0) is 23.5. The number of fused-ring (bicyclic) bond motifs is 1. The fourth-order valence-electron chi connectivity index (χ4n) is 3.44. The molecule has 0 bridgehead atoms. The van der Waals surface area contributed by atoms with Crippen LogP contribution in [-0.4, -0.2) is 41.1 Å². The molecule has 1 aromatic heterocycles. The molecule has 2 aromatic carbocycles. The molecule has 0 amide bonds. The van der Waals surface area contributed by atoms with E-state index in [1.807, 2.05) is 0 Å². The minimum Gasteiger partial charge on any atom is -0.395 e. The molecule has 1 heterocycles. The molecule has 0 fully saturated rings. The van der Waals surface area contributed by atoms with E-state index in [2.05, 4.69) is 0 Å². The molecule has 0 unspecified atom stereocenters. The van der Waals surface area contributed by atoms with Gasteiger partial charge in [-0.2, -0.15) is 18.4 Å². The van der Waals surface area contributed by atoms with Crippen molar-refractivity contribution in [3.05, 3.63) is 75.3 Å². The van der Waals surface area contributed by atoms with E-state index < -0.39 is 23.0 Å². The standard InChI is InChI=1S/C22H19F4N3O3/c23-18-9-17-19(10-20(18)28(5-7-30)6-8-31)29(13-15(11-27)21(17)32)12-14-1-3-16(4-2-14)22(24,25)26/h1-4,9-10,13,30-31H,5-8,12H2. The van der Waals surface area contributed by atoms with E-state index in [-0.39, 0.29) is 55.0 Å². The van der Waals surface area contributed by atoms with Gasteiger partial charge in [0.2, 0.25) is 5.43 Å². The lowest BCUT2D eigenvalue weighted by atomic mass is 10.1. The number of aliphatic hydroxyl groups is 2. The second-order valence-electron chi connectivity index (χ2n) is 7.06. The number of anilines is 1. The SMILES string of the molecule is N#Cc1cn(Cc2ccc(C(F)(F)F)cc2)c2cc(N(CCO)CCO)c(F)cc2c1=O. The summed E-state index contributed by atoms with van der Waals surface area (Å²) in [6.07, 6.45) is -3.21. The number of aromatic nitrogens is 1. The second kappa shape index (κ2) is 9.38. The van der Waals surface area contributed by atoms with Crippen molar-refractivity contribution in [3.63, 3.8) is 0 Å². The van der Waals surface area contributed by atoms with Crippen molar-refractivity contribution in [2.45, 2.75) is 12.7 Å². The first-order valence-electron chi connectivity index (χ1n) is 9.59. The molecular formula is C22H19F4N3O3. The van der Waals surface area contributed by atoms with Crippen molar-refractivity contribution in [3.8, 4) is 6.07 Å². The maximum atomic E-state index is 14.8. The third kappa shape index (κ3) is 4.74. The summed E-state index contributed by atoms with van der Waals surface area (Å²) >= 11 is 0. The number of hydrogen-bond donors (Lipinski definition) is 2. The van der Waals surface area contributed by atoms with Crippen LogP contribution in [0.5, 0.6) is 0 Å². The highest BCUT2D eigenvalue weighted by Crippen LogP contribution is 2.30. The van der Waals surface area contributed by atoms with Crippen molar-refractivity contribution >= 4 is 16.6 Å². The Bertz CT molecular complexity index is 1210. The maximum absolute atomic E-state index is 14.8. The first-order chi connectivity index (χ1) is 15.2. The first kappa shape index (κ1) is 23.2. The quantitative estimate of drug-likeness (QED) is 0.542. The third-order valence-corrected chi connectivity index (χ3v) is 4.98. The topological polar surface area (TPSA) is 89.5 Å². The summed E-state index contributed by atoms with van der Waals surface area (Å²) in [5.41, 5.74) is -0.958. The monoisotopic (exact) mass is 449 g/mol. The number of pyridine rings is 1. The Morgan fingerprint density at radius 2 is 1.69 bits per heavy atom. The van der Waals surface area contributed by atoms with Crippen molar-refractivity contribution in [2.24, 2.45) is 0 Å². The van der Waals surface area contributed by atoms with Gasteiger partial charge in [-0.15, -0.1) is 0 Å². The average molecular weight is 449 g/mol. The minimum atomic E-state index is -4.48. The van der Waals surface area contributed by atoms with E-state index in [1.54, 1.807) is 6.07 Å². The largest absolute Gasteiger partial charge is 0.416 e. The summed E-state index contributed by atoms with van der Waals surface area (Å²) in [4.78, 5) is 14.0. The highest BCUT2D eigenvalue weighted by molar-refractivity contribution is 5.84. The lowest BCUT2D eigenvalue weighted by molar-refractivity contribution is -0.137. The molecule has 0 saturated carbocycles. The number of aliphatic hydroxyl groups excluding tert-OH is 2. The van der Waals surface area contributed by atoms with E-state index >= 15 is 0 Å². The van der Waals surface area contributed by atoms with Crippen LogP contribution in [0.15, 0.2) is 47.4 Å². The van der Waals surface area contributed by atoms with Gasteiger partial charge in [-0.25, -0.2) is 4.39 Å². The van der Waals surface area contributed by atoms with Crippen LogP contribution in [0, 0.1) is 17.1 Å². The second-order valence-corrected chi connectivity index (χ2v) is 7.06. The zero-order valence-corrected chi connectivity index (χ0v) is 16.7. The van der Waals surface area contributed by atoms with E-state index in [1.165, 1.54) is 33.9 Å². The van der Waals surface area contributed by atoms with Crippen LogP contribution in [0.1, 0.15) is 16.7 Å². The van der Waals surface area contributed by atoms with Crippen LogP contribution in [0.2, 0.25) is 0 Å². The first-order valence-corrected chi connectivity index (χ1v) is 9.59. The molecule has 0 spiro atoms. The van der Waals surface area contributed by atoms with Gasteiger partial charge in [0.25, 0.3) is 0 Å². The fraction of sp³-hybridized carbons (Fsp3) is 0.273. The normalized spacial score (nSPS) is 11.5. The van der Waals surface area contributed by atoms with E-state index in [9.17, 15) is 37.8 Å². The molecule has 0 aliphatic heterocycles. The predicted octanol–water partition coefficient (Wildman–Crippen LogP) is 2.87. The van der Waals surface area contributed by atoms with E-state index in [0.717, 1.165) is 18.2 Å². The number of nitriles is 1. The van der Waals surface area contributed by atoms with Crippen molar-refractivity contribution in [2.75, 3.05) is 31.2 Å². The number of benzene rings is 2. The molecule has 168 valence electrons. The smallest absolute Gasteiger partial charge is 0.395 e. The number of alkyl halides is 3. The molecule has 0 aliphatic carbocycles. The summed E-state index contributed by atoms with van der Waals surface area (Å²) in [6, 6.07) is 8.54. The van der Waals surface area contributed by atoms with Gasteiger partial charge in [0.1, 0.15) is 17.4 Å². The van der Waals surface area contributed by atoms with Crippen LogP contribution >= 0.6 is 0 Å². The van der Waals surface area contributed by atoms with Crippen molar-refractivity contribution in [1.29, 1.82) is 5.26 Å². The number of rotatable bonds is 7. The van der Waals surface area contributed by atoms with Crippen molar-refractivity contribution < 1.29 is 27.8 Å². The van der Waals surface area contributed by atoms with Crippen LogP contribution in [-0.2, 0) is 12.7 Å². The fourth-order valence-corrected chi connectivity index (χ4v) is 3.44. The lowest BCUT2D eigenvalue weighted by Crippen LogP contribution is -2.30. The molecule has 0 aliphatic rings. The third-order valence-electron chi connectivity index (χ3n) is 4.98. The van der Waals surface area contributed by atoms with Gasteiger partial charge in [0.15, 0.2) is 0 Å². The van der Waals surface area contributed by atoms with Crippen LogP contribution in [0.3, 0.4) is 0 Å². The Hall–Kier alpha value is -3.42. The Morgan fingerprint density at radius 3 is 2.22 bits per heavy atom. The summed E-state index contributed by atoms with van der Waals surface area (Å²) in [7, 11) is 0. The summed E-state index contributed by atoms with van der Waals surface area (Å²) < 4.78 is 54.8. The van der Waals surface area contributed by atoms with Gasteiger partial charge >= 0.3 is 6.18 Å². The van der Waals surface area contributed by atoms with Gasteiger partial charge in [-0.1, -0.05) is 12.1 Å². The molecular weight excluding hydrogens is 430 g/mol. The van der Waals surface area contributed by atoms with Gasteiger partial charge in [-0.3, -0.25) is 4.79 Å². The van der Waals surface area contributed by atoms with E-state index in [0.29, 0.717) is 5.56 Å². The van der Waals surface area contributed by atoms with Crippen LogP contribution < -0.4 is 10.3 Å². The van der Waals surface area contributed by atoms with E-state index in [4.69, 9.17) is 0 Å². The van der Waals surface area contributed by atoms with Crippen LogP contribution in [0.4, 0.5) is 23.2 Å². The Balaban J connectivity index is 2.15. The molecule has 0 saturated heterocycles. The Morgan fingerprint density at radius 1 is 1.06 bits per heavy atom. The Labute approximate surface area is 180 Å². The summed E-state index contributed by atoms with van der Waals surface area (Å²) in [6.45, 7) is -0.522. The molecule has 0 radical (unpaired) electrons.